The van der Waals surface area contributed by atoms with Gasteiger partial charge in [0.05, 0.1) is 19.3 Å². The number of anilines is 1. The third-order valence-electron chi connectivity index (χ3n) is 4.30. The van der Waals surface area contributed by atoms with Gasteiger partial charge in [-0.2, -0.15) is 0 Å². The molecule has 0 saturated carbocycles. The summed E-state index contributed by atoms with van der Waals surface area (Å²) in [6, 6.07) is 10.7. The zero-order valence-electron chi connectivity index (χ0n) is 16.8. The minimum Gasteiger partial charge on any atom is -0.493 e. The number of carbonyl (C=O) groups is 2. The molecule has 0 aliphatic rings. The standard InChI is InChI=1S/C22H27NO5/c1-5-15-9-8-10-16(6-2)21(15)23-20(24)14-28-22(25)17-11-12-18(26-4)19(13-17)27-7-3/h8-13H,5-7,14H2,1-4H3,(H,23,24). The predicted octanol–water partition coefficient (Wildman–Crippen LogP) is 4.01. The van der Waals surface area contributed by atoms with E-state index < -0.39 is 5.97 Å². The van der Waals surface area contributed by atoms with Crippen LogP contribution in [0.5, 0.6) is 11.5 Å². The molecule has 1 N–H and O–H groups in total. The Morgan fingerprint density at radius 3 is 2.21 bits per heavy atom. The summed E-state index contributed by atoms with van der Waals surface area (Å²) in [7, 11) is 1.53. The molecule has 2 rings (SSSR count). The smallest absolute Gasteiger partial charge is 0.338 e. The van der Waals surface area contributed by atoms with E-state index in [1.165, 1.54) is 7.11 Å². The van der Waals surface area contributed by atoms with Gasteiger partial charge in [0.15, 0.2) is 18.1 Å². The van der Waals surface area contributed by atoms with E-state index in [9.17, 15) is 9.59 Å². The van der Waals surface area contributed by atoms with Gasteiger partial charge in [-0.1, -0.05) is 32.0 Å². The maximum atomic E-state index is 12.3. The van der Waals surface area contributed by atoms with Crippen LogP contribution in [0.25, 0.3) is 0 Å². The molecule has 1 amide bonds. The molecule has 2 aromatic carbocycles. The number of para-hydroxylation sites is 1. The van der Waals surface area contributed by atoms with Crippen LogP contribution in [0.3, 0.4) is 0 Å². The summed E-state index contributed by atoms with van der Waals surface area (Å²) in [5, 5.41) is 2.88. The first-order chi connectivity index (χ1) is 13.5. The van der Waals surface area contributed by atoms with Crippen LogP contribution in [-0.4, -0.2) is 32.2 Å². The summed E-state index contributed by atoms with van der Waals surface area (Å²) in [6.45, 7) is 5.98. The number of ether oxygens (including phenoxy) is 3. The fourth-order valence-electron chi connectivity index (χ4n) is 2.87. The number of esters is 1. The first-order valence-corrected chi connectivity index (χ1v) is 9.42. The highest BCUT2D eigenvalue weighted by Gasteiger charge is 2.15. The lowest BCUT2D eigenvalue weighted by Gasteiger charge is -2.14. The molecule has 0 saturated heterocycles. The average Bonchev–Trinajstić information content (AvgIpc) is 2.72. The van der Waals surface area contributed by atoms with Gasteiger partial charge in [-0.05, 0) is 49.1 Å². The highest BCUT2D eigenvalue weighted by molar-refractivity contribution is 5.96. The van der Waals surface area contributed by atoms with Crippen molar-refractivity contribution in [2.24, 2.45) is 0 Å². The molecule has 0 aromatic heterocycles. The van der Waals surface area contributed by atoms with E-state index in [-0.39, 0.29) is 12.5 Å². The lowest BCUT2D eigenvalue weighted by Crippen LogP contribution is -2.22. The minimum absolute atomic E-state index is 0.292. The molecule has 0 bridgehead atoms. The van der Waals surface area contributed by atoms with Gasteiger partial charge < -0.3 is 19.5 Å². The summed E-state index contributed by atoms with van der Waals surface area (Å²) in [5.74, 6) is 0.00788. The SMILES string of the molecule is CCOc1cc(C(=O)OCC(=O)Nc2c(CC)cccc2CC)ccc1OC. The minimum atomic E-state index is -0.599. The van der Waals surface area contributed by atoms with Crippen molar-refractivity contribution in [3.05, 3.63) is 53.1 Å². The Balaban J connectivity index is 2.03. The topological polar surface area (TPSA) is 73.9 Å². The monoisotopic (exact) mass is 385 g/mol. The van der Waals surface area contributed by atoms with E-state index >= 15 is 0 Å². The summed E-state index contributed by atoms with van der Waals surface area (Å²) in [4.78, 5) is 24.6. The van der Waals surface area contributed by atoms with Gasteiger partial charge in [-0.25, -0.2) is 4.79 Å². The Morgan fingerprint density at radius 2 is 1.64 bits per heavy atom. The van der Waals surface area contributed by atoms with Crippen molar-refractivity contribution in [3.8, 4) is 11.5 Å². The number of rotatable bonds is 9. The number of amides is 1. The third-order valence-corrected chi connectivity index (χ3v) is 4.30. The molecule has 6 nitrogen and oxygen atoms in total. The Labute approximate surface area is 165 Å². The van der Waals surface area contributed by atoms with Crippen molar-refractivity contribution in [1.29, 1.82) is 0 Å². The maximum absolute atomic E-state index is 12.3. The van der Waals surface area contributed by atoms with Crippen molar-refractivity contribution in [2.75, 3.05) is 25.6 Å². The molecule has 150 valence electrons. The molecule has 28 heavy (non-hydrogen) atoms. The molecule has 6 heteroatoms. The molecule has 0 spiro atoms. The van der Waals surface area contributed by atoms with Crippen molar-refractivity contribution < 1.29 is 23.8 Å². The van der Waals surface area contributed by atoms with Crippen molar-refractivity contribution >= 4 is 17.6 Å². The van der Waals surface area contributed by atoms with Gasteiger partial charge in [-0.15, -0.1) is 0 Å². The second-order valence-corrected chi connectivity index (χ2v) is 6.08. The summed E-state index contributed by atoms with van der Waals surface area (Å²) in [6.07, 6.45) is 1.60. The number of hydrogen-bond acceptors (Lipinski definition) is 5. The second-order valence-electron chi connectivity index (χ2n) is 6.08. The van der Waals surface area contributed by atoms with Gasteiger partial charge in [0.25, 0.3) is 5.91 Å². The number of carbonyl (C=O) groups excluding carboxylic acids is 2. The zero-order valence-corrected chi connectivity index (χ0v) is 16.8. The van der Waals surface area contributed by atoms with Crippen LogP contribution >= 0.6 is 0 Å². The number of methoxy groups -OCH3 is 1. The molecular formula is C22H27NO5. The number of aryl methyl sites for hydroxylation is 2. The van der Waals surface area contributed by atoms with E-state index in [2.05, 4.69) is 5.32 Å². The van der Waals surface area contributed by atoms with Gasteiger partial charge in [-0.3, -0.25) is 4.79 Å². The van der Waals surface area contributed by atoms with Crippen LogP contribution in [0.1, 0.15) is 42.3 Å². The summed E-state index contributed by atoms with van der Waals surface area (Å²) >= 11 is 0. The number of hydrogen-bond donors (Lipinski definition) is 1. The molecular weight excluding hydrogens is 358 g/mol. The van der Waals surface area contributed by atoms with Crippen LogP contribution in [0.2, 0.25) is 0 Å². The average molecular weight is 385 g/mol. The Bertz CT molecular complexity index is 809. The van der Waals surface area contributed by atoms with Gasteiger partial charge >= 0.3 is 5.97 Å². The lowest BCUT2D eigenvalue weighted by molar-refractivity contribution is -0.119. The summed E-state index contributed by atoms with van der Waals surface area (Å²) in [5.41, 5.74) is 3.20. The first-order valence-electron chi connectivity index (χ1n) is 9.42. The van der Waals surface area contributed by atoms with Gasteiger partial charge in [0, 0.05) is 5.69 Å². The molecule has 0 unspecified atom stereocenters. The third kappa shape index (κ3) is 5.25. The molecule has 0 fully saturated rings. The van der Waals surface area contributed by atoms with Crippen LogP contribution in [0.15, 0.2) is 36.4 Å². The Kier molecular flexibility index (Phi) is 7.87. The number of benzene rings is 2. The summed E-state index contributed by atoms with van der Waals surface area (Å²) < 4.78 is 15.8. The van der Waals surface area contributed by atoms with Crippen LogP contribution in [-0.2, 0) is 22.4 Å². The first kappa shape index (κ1) is 21.3. The lowest BCUT2D eigenvalue weighted by atomic mass is 10.0. The Hall–Kier alpha value is -3.02. The Morgan fingerprint density at radius 1 is 0.964 bits per heavy atom. The van der Waals surface area contributed by atoms with Gasteiger partial charge in [0.1, 0.15) is 0 Å². The van der Waals surface area contributed by atoms with E-state index in [0.29, 0.717) is 23.7 Å². The predicted molar refractivity (Wildman–Crippen MR) is 108 cm³/mol. The zero-order chi connectivity index (χ0) is 20.5. The molecule has 0 aliphatic heterocycles. The molecule has 0 atom stereocenters. The van der Waals surface area contributed by atoms with Crippen molar-refractivity contribution in [3.63, 3.8) is 0 Å². The van der Waals surface area contributed by atoms with Crippen LogP contribution in [0, 0.1) is 0 Å². The molecule has 0 aliphatic carbocycles. The van der Waals surface area contributed by atoms with E-state index in [1.807, 2.05) is 39.0 Å². The van der Waals surface area contributed by atoms with Crippen LogP contribution < -0.4 is 14.8 Å². The van der Waals surface area contributed by atoms with Gasteiger partial charge in [0.2, 0.25) is 0 Å². The second kappa shape index (κ2) is 10.3. The largest absolute Gasteiger partial charge is 0.493 e. The van der Waals surface area contributed by atoms with E-state index in [0.717, 1.165) is 29.7 Å². The highest BCUT2D eigenvalue weighted by atomic mass is 16.5. The quantitative estimate of drug-likeness (QED) is 0.660. The fourth-order valence-corrected chi connectivity index (χ4v) is 2.87. The molecule has 0 heterocycles. The van der Waals surface area contributed by atoms with E-state index in [4.69, 9.17) is 14.2 Å². The van der Waals surface area contributed by atoms with Crippen molar-refractivity contribution in [1.82, 2.24) is 0 Å². The normalized spacial score (nSPS) is 10.3. The molecule has 0 radical (unpaired) electrons. The fraction of sp³-hybridized carbons (Fsp3) is 0.364. The van der Waals surface area contributed by atoms with Crippen LogP contribution in [0.4, 0.5) is 5.69 Å². The highest BCUT2D eigenvalue weighted by Crippen LogP contribution is 2.28. The maximum Gasteiger partial charge on any atom is 0.338 e. The molecule has 2 aromatic rings. The van der Waals surface area contributed by atoms with E-state index in [1.54, 1.807) is 18.2 Å². The number of nitrogens with one attached hydrogen (secondary N) is 1. The van der Waals surface area contributed by atoms with Crippen molar-refractivity contribution in [2.45, 2.75) is 33.6 Å².